The third-order valence-electron chi connectivity index (χ3n) is 8.46. The van der Waals surface area contributed by atoms with E-state index in [1.165, 1.54) is 27.0 Å². The van der Waals surface area contributed by atoms with Crippen LogP contribution in [0.25, 0.3) is 21.9 Å². The maximum atomic E-state index is 6.39. The Bertz CT molecular complexity index is 1980. The van der Waals surface area contributed by atoms with Gasteiger partial charge in [-0.15, -0.1) is 6.42 Å². The summed E-state index contributed by atoms with van der Waals surface area (Å²) in [6, 6.07) is 45.2. The van der Waals surface area contributed by atoms with Crippen molar-refractivity contribution in [3.63, 3.8) is 0 Å². The van der Waals surface area contributed by atoms with E-state index in [0.717, 1.165) is 27.5 Å². The molecule has 0 saturated heterocycles. The summed E-state index contributed by atoms with van der Waals surface area (Å²) in [5.41, 5.74) is 4.83. The zero-order chi connectivity index (χ0) is 29.2. The third-order valence-corrected chi connectivity index (χ3v) is 12.0. The lowest BCUT2D eigenvalue weighted by Gasteiger charge is -2.33. The average molecular weight is 561 g/mol. The van der Waals surface area contributed by atoms with Crippen LogP contribution in [-0.4, -0.2) is 6.30 Å². The van der Waals surface area contributed by atoms with E-state index in [0.29, 0.717) is 0 Å². The molecule has 0 bridgehead atoms. The Balaban J connectivity index is 1.59. The summed E-state index contributed by atoms with van der Waals surface area (Å²) >= 11 is 0. The smallest absolute Gasteiger partial charge is 0.135 e. The fraction of sp³-hybridized carbons (Fsp3) is 0.0750. The molecule has 6 aromatic rings. The molecule has 0 radical (unpaired) electrons. The van der Waals surface area contributed by atoms with Crippen molar-refractivity contribution in [2.24, 2.45) is 0 Å². The first-order chi connectivity index (χ1) is 20.5. The number of hydrogen-bond donors (Lipinski definition) is 0. The maximum absolute atomic E-state index is 6.39. The lowest BCUT2D eigenvalue weighted by Crippen LogP contribution is -2.25. The Hall–Kier alpha value is -4.76. The van der Waals surface area contributed by atoms with Crippen LogP contribution < -0.4 is 15.9 Å². The normalized spacial score (nSPS) is 13.8. The summed E-state index contributed by atoms with van der Waals surface area (Å²) in [6.07, 6.45) is 16.6. The Morgan fingerprint density at radius 2 is 1.26 bits per heavy atom. The van der Waals surface area contributed by atoms with Crippen molar-refractivity contribution in [1.82, 2.24) is 0 Å². The molecule has 0 aliphatic heterocycles. The fourth-order valence-corrected chi connectivity index (χ4v) is 9.02. The van der Waals surface area contributed by atoms with Crippen LogP contribution in [0.5, 0.6) is 0 Å². The van der Waals surface area contributed by atoms with Crippen molar-refractivity contribution >= 4 is 51.0 Å². The lowest BCUT2D eigenvalue weighted by atomic mass is 9.70. The summed E-state index contributed by atoms with van der Waals surface area (Å²) in [6.45, 7) is 2.20. The van der Waals surface area contributed by atoms with Gasteiger partial charge >= 0.3 is 0 Å². The molecule has 1 atom stereocenters. The molecule has 0 fully saturated rings. The van der Waals surface area contributed by atoms with E-state index in [9.17, 15) is 0 Å². The van der Waals surface area contributed by atoms with Crippen molar-refractivity contribution in [2.45, 2.75) is 19.3 Å². The van der Waals surface area contributed by atoms with Crippen molar-refractivity contribution in [1.29, 1.82) is 0 Å². The number of furan rings is 1. The van der Waals surface area contributed by atoms with Crippen LogP contribution >= 0.6 is 6.89 Å². The number of allylic oxidation sites excluding steroid dienone is 4. The monoisotopic (exact) mass is 560 g/mol. The number of terminal acetylenes is 1. The van der Waals surface area contributed by atoms with Gasteiger partial charge in [0.1, 0.15) is 11.2 Å². The second kappa shape index (κ2) is 11.3. The van der Waals surface area contributed by atoms with Crippen LogP contribution in [0.4, 0.5) is 0 Å². The quantitative estimate of drug-likeness (QED) is 0.108. The summed E-state index contributed by atoms with van der Waals surface area (Å²) in [4.78, 5) is 0. The molecule has 1 unspecified atom stereocenters. The predicted molar refractivity (Wildman–Crippen MR) is 184 cm³/mol. The molecule has 0 N–H and O–H groups in total. The summed E-state index contributed by atoms with van der Waals surface area (Å²) < 4.78 is 6.39. The van der Waals surface area contributed by atoms with Crippen LogP contribution in [0.2, 0.25) is 0 Å². The topological polar surface area (TPSA) is 13.1 Å². The summed E-state index contributed by atoms with van der Waals surface area (Å²) in [7, 11) is 0. The Labute approximate surface area is 248 Å². The zero-order valence-corrected chi connectivity index (χ0v) is 24.9. The molecule has 0 spiro atoms. The number of benzene rings is 5. The van der Waals surface area contributed by atoms with Crippen LogP contribution in [-0.2, 0) is 5.41 Å². The van der Waals surface area contributed by atoms with E-state index < -0.39 is 12.3 Å². The molecular formula is C40H33OP. The van der Waals surface area contributed by atoms with E-state index in [1.807, 2.05) is 6.08 Å². The molecule has 0 aliphatic carbocycles. The van der Waals surface area contributed by atoms with Crippen molar-refractivity contribution in [3.05, 3.63) is 162 Å². The number of hydrogen-bond acceptors (Lipinski definition) is 1. The molecule has 0 saturated carbocycles. The van der Waals surface area contributed by atoms with Gasteiger partial charge in [-0.2, -0.15) is 0 Å². The molecule has 204 valence electrons. The van der Waals surface area contributed by atoms with Gasteiger partial charge in [0.15, 0.2) is 0 Å². The molecule has 1 heterocycles. The maximum Gasteiger partial charge on any atom is 0.135 e. The highest BCUT2D eigenvalue weighted by Gasteiger charge is 2.32. The van der Waals surface area contributed by atoms with Crippen molar-refractivity contribution < 1.29 is 4.42 Å². The molecule has 5 aromatic carbocycles. The largest absolute Gasteiger partial charge is 0.456 e. The van der Waals surface area contributed by atoms with Crippen LogP contribution in [0.3, 0.4) is 0 Å². The standard InChI is InChI=1S/C40H33OP/c1-5-7-17-30(6-2)40(3,31-18-11-8-12-19-31)32-24-26-38-36(28-32)37-29-35(25-27-39(37)41-38)42(4,33-20-13-9-14-21-33)34-22-15-10-16-23-34/h1,6-29H,4H2,2-3H3/b17-7-,30-6+. The predicted octanol–water partition coefficient (Wildman–Crippen LogP) is 8.75. The highest BCUT2D eigenvalue weighted by Crippen LogP contribution is 2.45. The summed E-state index contributed by atoms with van der Waals surface area (Å²) in [5, 5.41) is 5.91. The molecule has 0 aliphatic rings. The highest BCUT2D eigenvalue weighted by molar-refractivity contribution is 7.93. The van der Waals surface area contributed by atoms with Gasteiger partial charge < -0.3 is 4.42 Å². The SMILES string of the molecule is C#C/C=C\C(=C/C)C(C)(c1ccccc1)c1ccc2oc3ccc(P(=C)(c4ccccc4)c4ccccc4)cc3c2c1. The van der Waals surface area contributed by atoms with Gasteiger partial charge in [0.2, 0.25) is 0 Å². The van der Waals surface area contributed by atoms with Crippen LogP contribution in [0, 0.1) is 12.3 Å². The molecule has 1 aromatic heterocycles. The van der Waals surface area contributed by atoms with Gasteiger partial charge in [-0.25, -0.2) is 0 Å². The highest BCUT2D eigenvalue weighted by atomic mass is 31.2. The number of rotatable bonds is 7. The van der Waals surface area contributed by atoms with Gasteiger partial charge in [-0.05, 0) is 89.8 Å². The van der Waals surface area contributed by atoms with Gasteiger partial charge in [0.25, 0.3) is 0 Å². The number of fused-ring (bicyclic) bond motifs is 3. The Kier molecular flexibility index (Phi) is 7.34. The Morgan fingerprint density at radius 1 is 0.714 bits per heavy atom. The minimum Gasteiger partial charge on any atom is -0.456 e. The van der Waals surface area contributed by atoms with E-state index >= 15 is 0 Å². The van der Waals surface area contributed by atoms with E-state index in [2.05, 4.69) is 153 Å². The first-order valence-electron chi connectivity index (χ1n) is 14.2. The van der Waals surface area contributed by atoms with Crippen LogP contribution in [0.1, 0.15) is 25.0 Å². The molecule has 6 rings (SSSR count). The lowest BCUT2D eigenvalue weighted by molar-refractivity contribution is 0.665. The molecular weight excluding hydrogens is 527 g/mol. The first-order valence-corrected chi connectivity index (χ1v) is 16.1. The van der Waals surface area contributed by atoms with E-state index in [1.54, 1.807) is 6.08 Å². The molecule has 0 amide bonds. The second-order valence-corrected chi connectivity index (χ2v) is 13.9. The third kappa shape index (κ3) is 4.55. The van der Waals surface area contributed by atoms with Crippen molar-refractivity contribution in [2.75, 3.05) is 0 Å². The average Bonchev–Trinajstić information content (AvgIpc) is 3.43. The summed E-state index contributed by atoms with van der Waals surface area (Å²) in [5.74, 6) is 2.67. The van der Waals surface area contributed by atoms with Gasteiger partial charge in [0.05, 0.1) is 0 Å². The van der Waals surface area contributed by atoms with E-state index in [4.69, 9.17) is 17.1 Å². The molecule has 1 nitrogen and oxygen atoms in total. The van der Waals surface area contributed by atoms with Crippen molar-refractivity contribution in [3.8, 4) is 12.3 Å². The van der Waals surface area contributed by atoms with Gasteiger partial charge in [0, 0.05) is 16.2 Å². The minimum absolute atomic E-state index is 0.421. The van der Waals surface area contributed by atoms with Gasteiger partial charge in [-0.3, -0.25) is 0 Å². The molecule has 2 heteroatoms. The minimum atomic E-state index is -2.14. The zero-order valence-electron chi connectivity index (χ0n) is 24.0. The Morgan fingerprint density at radius 3 is 1.83 bits per heavy atom. The molecule has 42 heavy (non-hydrogen) atoms. The second-order valence-electron chi connectivity index (χ2n) is 10.7. The fourth-order valence-electron chi connectivity index (χ4n) is 6.09. The van der Waals surface area contributed by atoms with E-state index in [-0.39, 0.29) is 0 Å². The van der Waals surface area contributed by atoms with Gasteiger partial charge in [-0.1, -0.05) is 121 Å². The van der Waals surface area contributed by atoms with Crippen LogP contribution in [0.15, 0.2) is 156 Å². The first kappa shape index (κ1) is 27.4.